The summed E-state index contributed by atoms with van der Waals surface area (Å²) < 4.78 is 9.36. The number of carbonyl (C=O) groups is 1. The fraction of sp³-hybridized carbons (Fsp3) is 0.455. The number of aryl methyl sites for hydroxylation is 1. The van der Waals surface area contributed by atoms with Crippen molar-refractivity contribution in [3.8, 4) is 0 Å². The van der Waals surface area contributed by atoms with Crippen LogP contribution in [0.15, 0.2) is 6.20 Å². The zero-order chi connectivity index (χ0) is 13.2. The van der Waals surface area contributed by atoms with Crippen molar-refractivity contribution in [3.63, 3.8) is 0 Å². The first-order valence-corrected chi connectivity index (χ1v) is 6.74. The molecular formula is C11H13N5O2S. The van der Waals surface area contributed by atoms with Gasteiger partial charge in [0.1, 0.15) is 5.82 Å². The van der Waals surface area contributed by atoms with Crippen LogP contribution in [0.25, 0.3) is 0 Å². The second-order valence-electron chi connectivity index (χ2n) is 4.36. The number of nitrogens with zero attached hydrogens (tertiary/aromatic N) is 3. The molecule has 1 aliphatic heterocycles. The summed E-state index contributed by atoms with van der Waals surface area (Å²) in [5.41, 5.74) is 1.37. The van der Waals surface area contributed by atoms with Gasteiger partial charge in [0.25, 0.3) is 5.91 Å². The molecule has 19 heavy (non-hydrogen) atoms. The molecule has 2 aromatic heterocycles. The van der Waals surface area contributed by atoms with Crippen LogP contribution >= 0.6 is 11.5 Å². The lowest BCUT2D eigenvalue weighted by atomic mass is 10.0. The summed E-state index contributed by atoms with van der Waals surface area (Å²) in [7, 11) is 0. The molecule has 2 N–H and O–H groups in total. The normalized spacial score (nSPS) is 18.7. The summed E-state index contributed by atoms with van der Waals surface area (Å²) >= 11 is 1.16. The monoisotopic (exact) mass is 279 g/mol. The predicted octanol–water partition coefficient (Wildman–Crippen LogP) is 1.33. The molecule has 7 nitrogen and oxygen atoms in total. The van der Waals surface area contributed by atoms with Crippen LogP contribution in [0.5, 0.6) is 0 Å². The quantitative estimate of drug-likeness (QED) is 0.884. The van der Waals surface area contributed by atoms with Gasteiger partial charge in [-0.15, -0.1) is 0 Å². The van der Waals surface area contributed by atoms with E-state index in [0.29, 0.717) is 23.1 Å². The third kappa shape index (κ3) is 2.49. The van der Waals surface area contributed by atoms with Crippen molar-refractivity contribution in [2.45, 2.75) is 19.3 Å². The van der Waals surface area contributed by atoms with Crippen molar-refractivity contribution < 1.29 is 9.53 Å². The number of carbonyl (C=O) groups excluding carboxylic acids is 1. The number of aromatic amines is 1. The Morgan fingerprint density at radius 3 is 3.21 bits per heavy atom. The highest BCUT2D eigenvalue weighted by atomic mass is 32.1. The average molecular weight is 279 g/mol. The second-order valence-corrected chi connectivity index (χ2v) is 5.11. The van der Waals surface area contributed by atoms with Gasteiger partial charge >= 0.3 is 0 Å². The van der Waals surface area contributed by atoms with Crippen LogP contribution in [0.4, 0.5) is 5.13 Å². The Morgan fingerprint density at radius 2 is 2.53 bits per heavy atom. The maximum atomic E-state index is 12.2. The molecule has 3 rings (SSSR count). The van der Waals surface area contributed by atoms with Crippen molar-refractivity contribution in [3.05, 3.63) is 23.3 Å². The van der Waals surface area contributed by atoms with Crippen molar-refractivity contribution in [2.24, 2.45) is 0 Å². The summed E-state index contributed by atoms with van der Waals surface area (Å²) in [5.74, 6) is 0.642. The lowest BCUT2D eigenvalue weighted by Crippen LogP contribution is -2.15. The van der Waals surface area contributed by atoms with E-state index in [0.717, 1.165) is 30.3 Å². The number of hydrogen-bond acceptors (Lipinski definition) is 6. The molecule has 0 aromatic carbocycles. The Kier molecular flexibility index (Phi) is 3.26. The molecule has 0 radical (unpaired) electrons. The van der Waals surface area contributed by atoms with Crippen LogP contribution in [-0.2, 0) is 4.74 Å². The van der Waals surface area contributed by atoms with Crippen molar-refractivity contribution in [2.75, 3.05) is 18.5 Å². The molecule has 0 spiro atoms. The first-order chi connectivity index (χ1) is 9.24. The number of rotatable bonds is 3. The highest BCUT2D eigenvalue weighted by Crippen LogP contribution is 2.26. The van der Waals surface area contributed by atoms with Gasteiger partial charge in [0.15, 0.2) is 0 Å². The molecule has 1 aliphatic rings. The molecule has 0 bridgehead atoms. The van der Waals surface area contributed by atoms with Crippen LogP contribution in [0.3, 0.4) is 0 Å². The Labute approximate surface area is 113 Å². The minimum atomic E-state index is -0.216. The van der Waals surface area contributed by atoms with Gasteiger partial charge in [0, 0.05) is 24.1 Å². The highest BCUT2D eigenvalue weighted by Gasteiger charge is 2.25. The largest absolute Gasteiger partial charge is 0.381 e. The Hall–Kier alpha value is -1.80. The number of hydrogen-bond donors (Lipinski definition) is 2. The fourth-order valence-corrected chi connectivity index (χ4v) is 2.63. The third-order valence-corrected chi connectivity index (χ3v) is 3.72. The Balaban J connectivity index is 1.78. The first kappa shape index (κ1) is 12.2. The van der Waals surface area contributed by atoms with Gasteiger partial charge in [-0.05, 0) is 13.3 Å². The Morgan fingerprint density at radius 1 is 1.63 bits per heavy atom. The standard InChI is InChI=1S/C11H13N5O2S/c1-6-13-11(19-16-6)14-10(17)8-4-12-15-9(8)7-2-3-18-5-7/h4,7H,2-3,5H2,1H3,(H,12,15)(H,13,14,16,17). The molecule has 0 saturated carbocycles. The summed E-state index contributed by atoms with van der Waals surface area (Å²) in [5, 5.41) is 10.1. The summed E-state index contributed by atoms with van der Waals surface area (Å²) in [6.07, 6.45) is 2.44. The fourth-order valence-electron chi connectivity index (χ4n) is 2.06. The summed E-state index contributed by atoms with van der Waals surface area (Å²) in [6, 6.07) is 0. The SMILES string of the molecule is Cc1nsc(NC(=O)c2cn[nH]c2C2CCOC2)n1. The lowest BCUT2D eigenvalue weighted by Gasteiger charge is -2.07. The molecule has 3 heterocycles. The van der Waals surface area contributed by atoms with Crippen molar-refractivity contribution in [1.82, 2.24) is 19.6 Å². The second kappa shape index (κ2) is 5.06. The molecule has 2 aromatic rings. The van der Waals surface area contributed by atoms with Crippen LogP contribution in [-0.4, -0.2) is 38.7 Å². The summed E-state index contributed by atoms with van der Waals surface area (Å²) in [4.78, 5) is 16.3. The summed E-state index contributed by atoms with van der Waals surface area (Å²) in [6.45, 7) is 3.13. The number of aromatic nitrogens is 4. The van der Waals surface area contributed by atoms with E-state index < -0.39 is 0 Å². The number of nitrogens with one attached hydrogen (secondary N) is 2. The maximum Gasteiger partial charge on any atom is 0.260 e. The zero-order valence-electron chi connectivity index (χ0n) is 10.3. The number of H-pyrrole nitrogens is 1. The molecule has 8 heteroatoms. The van der Waals surface area contributed by atoms with Crippen molar-refractivity contribution in [1.29, 1.82) is 0 Å². The number of ether oxygens (including phenoxy) is 1. The number of anilines is 1. The van der Waals surface area contributed by atoms with Crippen LogP contribution < -0.4 is 5.32 Å². The molecule has 1 fully saturated rings. The van der Waals surface area contributed by atoms with Crippen LogP contribution in [0, 0.1) is 6.92 Å². The topological polar surface area (TPSA) is 92.8 Å². The minimum Gasteiger partial charge on any atom is -0.381 e. The van der Waals surface area contributed by atoms with E-state index in [-0.39, 0.29) is 11.8 Å². The zero-order valence-corrected chi connectivity index (χ0v) is 11.2. The molecule has 1 unspecified atom stereocenters. The van der Waals surface area contributed by atoms with Gasteiger partial charge in [-0.2, -0.15) is 9.47 Å². The van der Waals surface area contributed by atoms with E-state index in [1.807, 2.05) is 0 Å². The Bertz CT molecular complexity index is 587. The van der Waals surface area contributed by atoms with Crippen LogP contribution in [0.1, 0.15) is 34.2 Å². The highest BCUT2D eigenvalue weighted by molar-refractivity contribution is 7.09. The molecular weight excluding hydrogens is 266 g/mol. The van der Waals surface area contributed by atoms with Gasteiger partial charge in [0.05, 0.1) is 24.1 Å². The lowest BCUT2D eigenvalue weighted by molar-refractivity contribution is 0.102. The molecule has 1 saturated heterocycles. The molecule has 100 valence electrons. The van der Waals surface area contributed by atoms with E-state index in [4.69, 9.17) is 4.74 Å². The van der Waals surface area contributed by atoms with E-state index in [2.05, 4.69) is 24.9 Å². The van der Waals surface area contributed by atoms with Gasteiger partial charge in [-0.3, -0.25) is 15.2 Å². The third-order valence-electron chi connectivity index (χ3n) is 3.00. The maximum absolute atomic E-state index is 12.2. The van der Waals surface area contributed by atoms with Gasteiger partial charge in [-0.1, -0.05) is 0 Å². The minimum absolute atomic E-state index is 0.208. The average Bonchev–Trinajstić information content (AvgIpc) is 3.07. The van der Waals surface area contributed by atoms with Gasteiger partial charge in [0.2, 0.25) is 5.13 Å². The van der Waals surface area contributed by atoms with E-state index in [1.54, 1.807) is 6.92 Å². The van der Waals surface area contributed by atoms with Crippen LogP contribution in [0.2, 0.25) is 0 Å². The van der Waals surface area contributed by atoms with E-state index in [1.165, 1.54) is 6.20 Å². The van der Waals surface area contributed by atoms with E-state index >= 15 is 0 Å². The first-order valence-electron chi connectivity index (χ1n) is 5.96. The predicted molar refractivity (Wildman–Crippen MR) is 69.4 cm³/mol. The molecule has 1 atom stereocenters. The molecule has 0 aliphatic carbocycles. The molecule has 1 amide bonds. The van der Waals surface area contributed by atoms with E-state index in [9.17, 15) is 4.79 Å². The smallest absolute Gasteiger partial charge is 0.260 e. The van der Waals surface area contributed by atoms with Gasteiger partial charge < -0.3 is 4.74 Å². The van der Waals surface area contributed by atoms with Gasteiger partial charge in [-0.25, -0.2) is 4.98 Å². The number of amides is 1. The van der Waals surface area contributed by atoms with Crippen molar-refractivity contribution >= 4 is 22.6 Å².